The van der Waals surface area contributed by atoms with Crippen LogP contribution in [0.4, 0.5) is 11.5 Å². The third-order valence-electron chi connectivity index (χ3n) is 2.87. The smallest absolute Gasteiger partial charge is 0.242 e. The third kappa shape index (κ3) is 1.82. The molecule has 1 aliphatic rings. The van der Waals surface area contributed by atoms with E-state index in [0.717, 1.165) is 6.42 Å². The molecule has 1 fully saturated rings. The first kappa shape index (κ1) is 10.0. The summed E-state index contributed by atoms with van der Waals surface area (Å²) in [7, 11) is 1.55. The molecule has 2 rings (SSSR count). The molecule has 0 spiro atoms. The lowest BCUT2D eigenvalue weighted by Gasteiger charge is -2.10. The maximum absolute atomic E-state index is 5.85. The van der Waals surface area contributed by atoms with Crippen molar-refractivity contribution < 1.29 is 4.74 Å². The molecule has 0 amide bonds. The molecule has 1 aliphatic carbocycles. The summed E-state index contributed by atoms with van der Waals surface area (Å²) in [6.45, 7) is 4.42. The highest BCUT2D eigenvalue weighted by molar-refractivity contribution is 5.67. The standard InChI is InChI=1S/C10H16N4O/c1-10(2)4-6(10)14-8-7(11)9(15-3)13-5-12-8/h5-6H,4,11H2,1-3H3,(H,12,13,14). The van der Waals surface area contributed by atoms with Crippen molar-refractivity contribution in [3.05, 3.63) is 6.33 Å². The highest BCUT2D eigenvalue weighted by Crippen LogP contribution is 2.47. The molecule has 0 radical (unpaired) electrons. The Morgan fingerprint density at radius 3 is 2.73 bits per heavy atom. The van der Waals surface area contributed by atoms with Crippen LogP contribution in [-0.2, 0) is 0 Å². The van der Waals surface area contributed by atoms with E-state index in [4.69, 9.17) is 10.5 Å². The summed E-state index contributed by atoms with van der Waals surface area (Å²) in [5.74, 6) is 1.09. The molecule has 1 aromatic rings. The Morgan fingerprint density at radius 2 is 2.20 bits per heavy atom. The number of nitrogen functional groups attached to an aromatic ring is 1. The topological polar surface area (TPSA) is 73.1 Å². The lowest BCUT2D eigenvalue weighted by Crippen LogP contribution is -2.12. The quantitative estimate of drug-likeness (QED) is 0.782. The lowest BCUT2D eigenvalue weighted by atomic mass is 10.2. The predicted molar refractivity (Wildman–Crippen MR) is 58.8 cm³/mol. The second kappa shape index (κ2) is 3.25. The summed E-state index contributed by atoms with van der Waals surface area (Å²) < 4.78 is 5.02. The summed E-state index contributed by atoms with van der Waals surface area (Å²) in [5, 5.41) is 3.29. The highest BCUT2D eigenvalue weighted by Gasteiger charge is 2.46. The number of rotatable bonds is 3. The minimum Gasteiger partial charge on any atom is -0.479 e. The number of methoxy groups -OCH3 is 1. The Hall–Kier alpha value is -1.52. The molecule has 3 N–H and O–H groups in total. The van der Waals surface area contributed by atoms with Crippen LogP contribution in [0.15, 0.2) is 6.33 Å². The van der Waals surface area contributed by atoms with Gasteiger partial charge in [-0.1, -0.05) is 13.8 Å². The van der Waals surface area contributed by atoms with Crippen LogP contribution >= 0.6 is 0 Å². The molecule has 0 aliphatic heterocycles. The van der Waals surface area contributed by atoms with Crippen molar-refractivity contribution >= 4 is 11.5 Å². The molecular weight excluding hydrogens is 192 g/mol. The second-order valence-electron chi connectivity index (χ2n) is 4.53. The van der Waals surface area contributed by atoms with E-state index in [1.54, 1.807) is 7.11 Å². The van der Waals surface area contributed by atoms with Crippen molar-refractivity contribution in [1.29, 1.82) is 0 Å². The summed E-state index contributed by atoms with van der Waals surface area (Å²) >= 11 is 0. The first-order chi connectivity index (χ1) is 7.04. The van der Waals surface area contributed by atoms with Crippen molar-refractivity contribution in [1.82, 2.24) is 9.97 Å². The molecule has 0 saturated heterocycles. The van der Waals surface area contributed by atoms with Crippen molar-refractivity contribution in [3.63, 3.8) is 0 Å². The van der Waals surface area contributed by atoms with Crippen LogP contribution < -0.4 is 15.8 Å². The molecule has 1 aromatic heterocycles. The van der Waals surface area contributed by atoms with E-state index >= 15 is 0 Å². The number of nitrogens with zero attached hydrogens (tertiary/aromatic N) is 2. The van der Waals surface area contributed by atoms with Gasteiger partial charge in [-0.05, 0) is 11.8 Å². The van der Waals surface area contributed by atoms with Gasteiger partial charge in [0.05, 0.1) is 7.11 Å². The molecule has 5 heteroatoms. The highest BCUT2D eigenvalue weighted by atomic mass is 16.5. The van der Waals surface area contributed by atoms with Gasteiger partial charge in [-0.25, -0.2) is 4.98 Å². The minimum atomic E-state index is 0.338. The number of ether oxygens (including phenoxy) is 1. The molecule has 1 saturated carbocycles. The Kier molecular flexibility index (Phi) is 2.17. The summed E-state index contributed by atoms with van der Waals surface area (Å²) in [5.41, 5.74) is 6.66. The van der Waals surface area contributed by atoms with Gasteiger partial charge in [-0.3, -0.25) is 0 Å². The van der Waals surface area contributed by atoms with Gasteiger partial charge in [0.1, 0.15) is 12.0 Å². The number of aromatic nitrogens is 2. The SMILES string of the molecule is COc1ncnc(NC2CC2(C)C)c1N. The fourth-order valence-corrected chi connectivity index (χ4v) is 1.54. The van der Waals surface area contributed by atoms with E-state index < -0.39 is 0 Å². The Labute approximate surface area is 89.1 Å². The van der Waals surface area contributed by atoms with E-state index in [1.165, 1.54) is 6.33 Å². The molecule has 0 bridgehead atoms. The maximum atomic E-state index is 5.85. The van der Waals surface area contributed by atoms with E-state index in [-0.39, 0.29) is 0 Å². The summed E-state index contributed by atoms with van der Waals surface area (Å²) in [6, 6.07) is 0.444. The predicted octanol–water partition coefficient (Wildman–Crippen LogP) is 1.28. The van der Waals surface area contributed by atoms with Crippen molar-refractivity contribution in [2.45, 2.75) is 26.3 Å². The molecule has 15 heavy (non-hydrogen) atoms. The van der Waals surface area contributed by atoms with Gasteiger partial charge < -0.3 is 15.8 Å². The zero-order valence-corrected chi connectivity index (χ0v) is 9.24. The lowest BCUT2D eigenvalue weighted by molar-refractivity contribution is 0.399. The number of anilines is 2. The summed E-state index contributed by atoms with van der Waals surface area (Å²) in [6.07, 6.45) is 2.59. The molecule has 82 valence electrons. The van der Waals surface area contributed by atoms with Crippen LogP contribution in [-0.4, -0.2) is 23.1 Å². The van der Waals surface area contributed by atoms with Gasteiger partial charge in [0.15, 0.2) is 5.82 Å². The van der Waals surface area contributed by atoms with Crippen molar-refractivity contribution in [2.24, 2.45) is 5.41 Å². The first-order valence-electron chi connectivity index (χ1n) is 4.95. The largest absolute Gasteiger partial charge is 0.479 e. The molecule has 1 unspecified atom stereocenters. The van der Waals surface area contributed by atoms with Crippen LogP contribution in [0.5, 0.6) is 5.88 Å². The van der Waals surface area contributed by atoms with E-state index in [9.17, 15) is 0 Å². The monoisotopic (exact) mass is 208 g/mol. The number of nitrogens with two attached hydrogens (primary N) is 1. The average Bonchev–Trinajstić information content (AvgIpc) is 2.77. The van der Waals surface area contributed by atoms with Crippen LogP contribution in [0.2, 0.25) is 0 Å². The molecule has 1 heterocycles. The average molecular weight is 208 g/mol. The van der Waals surface area contributed by atoms with E-state index in [1.807, 2.05) is 0 Å². The van der Waals surface area contributed by atoms with Gasteiger partial charge in [0, 0.05) is 6.04 Å². The molecular formula is C10H16N4O. The third-order valence-corrected chi connectivity index (χ3v) is 2.87. The Balaban J connectivity index is 2.15. The number of hydrogen-bond donors (Lipinski definition) is 2. The first-order valence-corrected chi connectivity index (χ1v) is 4.95. The van der Waals surface area contributed by atoms with Gasteiger partial charge in [0.2, 0.25) is 5.88 Å². The molecule has 1 atom stereocenters. The number of hydrogen-bond acceptors (Lipinski definition) is 5. The zero-order chi connectivity index (χ0) is 11.1. The van der Waals surface area contributed by atoms with E-state index in [0.29, 0.717) is 28.8 Å². The van der Waals surface area contributed by atoms with E-state index in [2.05, 4.69) is 29.1 Å². The Morgan fingerprint density at radius 1 is 1.53 bits per heavy atom. The second-order valence-corrected chi connectivity index (χ2v) is 4.53. The maximum Gasteiger partial charge on any atom is 0.242 e. The fourth-order valence-electron chi connectivity index (χ4n) is 1.54. The minimum absolute atomic E-state index is 0.338. The van der Waals surface area contributed by atoms with Crippen molar-refractivity contribution in [2.75, 3.05) is 18.2 Å². The van der Waals surface area contributed by atoms with Crippen LogP contribution in [0, 0.1) is 5.41 Å². The molecule has 0 aromatic carbocycles. The van der Waals surface area contributed by atoms with Gasteiger partial charge in [-0.2, -0.15) is 4.98 Å². The van der Waals surface area contributed by atoms with Crippen LogP contribution in [0.25, 0.3) is 0 Å². The van der Waals surface area contributed by atoms with Gasteiger partial charge >= 0.3 is 0 Å². The zero-order valence-electron chi connectivity index (χ0n) is 9.24. The van der Waals surface area contributed by atoms with Gasteiger partial charge in [-0.15, -0.1) is 0 Å². The van der Waals surface area contributed by atoms with Crippen LogP contribution in [0.1, 0.15) is 20.3 Å². The van der Waals surface area contributed by atoms with Crippen LogP contribution in [0.3, 0.4) is 0 Å². The fraction of sp³-hybridized carbons (Fsp3) is 0.600. The normalized spacial score (nSPS) is 22.2. The number of nitrogens with one attached hydrogen (secondary N) is 1. The molecule has 5 nitrogen and oxygen atoms in total. The van der Waals surface area contributed by atoms with Crippen molar-refractivity contribution in [3.8, 4) is 5.88 Å². The van der Waals surface area contributed by atoms with Gasteiger partial charge in [0.25, 0.3) is 0 Å². The summed E-state index contributed by atoms with van der Waals surface area (Å²) in [4.78, 5) is 8.03. The Bertz CT molecular complexity index is 378.